The van der Waals surface area contributed by atoms with Crippen LogP contribution < -0.4 is 0 Å². The topological polar surface area (TPSA) is 29.5 Å². The molecule has 1 fully saturated rings. The number of aliphatic hydroxyl groups is 1. The molecule has 3 heteroatoms. The van der Waals surface area contributed by atoms with Gasteiger partial charge in [0.05, 0.1) is 5.60 Å². The lowest BCUT2D eigenvalue weighted by molar-refractivity contribution is 0.0141. The van der Waals surface area contributed by atoms with E-state index in [1.165, 1.54) is 12.1 Å². The van der Waals surface area contributed by atoms with Gasteiger partial charge in [-0.3, -0.25) is 0 Å². The highest BCUT2D eigenvalue weighted by Gasteiger charge is 2.30. The van der Waals surface area contributed by atoms with E-state index in [0.29, 0.717) is 31.6 Å². The lowest BCUT2D eigenvalue weighted by Gasteiger charge is -2.26. The number of hydrogen-bond donors (Lipinski definition) is 1. The van der Waals surface area contributed by atoms with Crippen molar-refractivity contribution in [3.63, 3.8) is 0 Å². The Bertz CT molecular complexity index is 330. The first-order valence-electron chi connectivity index (χ1n) is 5.27. The van der Waals surface area contributed by atoms with Crippen LogP contribution in [0.5, 0.6) is 0 Å². The van der Waals surface area contributed by atoms with E-state index in [0.717, 1.165) is 6.42 Å². The molecule has 1 aliphatic rings. The molecule has 1 heterocycles. The minimum Gasteiger partial charge on any atom is -0.385 e. The van der Waals surface area contributed by atoms with Crippen LogP contribution in [0.4, 0.5) is 4.39 Å². The fourth-order valence-electron chi connectivity index (χ4n) is 2.00. The van der Waals surface area contributed by atoms with Crippen molar-refractivity contribution in [1.29, 1.82) is 0 Å². The van der Waals surface area contributed by atoms with Crippen LogP contribution in [0.15, 0.2) is 24.3 Å². The molecule has 0 saturated carbocycles. The van der Waals surface area contributed by atoms with Gasteiger partial charge in [0.15, 0.2) is 0 Å². The summed E-state index contributed by atoms with van der Waals surface area (Å²) in [6.45, 7) is 1.21. The third-order valence-corrected chi connectivity index (χ3v) is 2.90. The Morgan fingerprint density at radius 2 is 2.13 bits per heavy atom. The van der Waals surface area contributed by atoms with Crippen molar-refractivity contribution < 1.29 is 14.2 Å². The lowest BCUT2D eigenvalue weighted by Crippen LogP contribution is -2.26. The van der Waals surface area contributed by atoms with Gasteiger partial charge in [0.2, 0.25) is 0 Å². The fraction of sp³-hybridized carbons (Fsp3) is 0.500. The zero-order valence-corrected chi connectivity index (χ0v) is 8.58. The predicted molar refractivity (Wildman–Crippen MR) is 55.0 cm³/mol. The van der Waals surface area contributed by atoms with Gasteiger partial charge in [0.1, 0.15) is 5.82 Å². The molecule has 0 bridgehead atoms. The van der Waals surface area contributed by atoms with Gasteiger partial charge < -0.3 is 9.84 Å². The molecular formula is C12H15FO2. The third kappa shape index (κ3) is 2.36. The molecule has 1 atom stereocenters. The largest absolute Gasteiger partial charge is 0.385 e. The molecule has 0 aromatic heterocycles. The second-order valence-corrected chi connectivity index (χ2v) is 4.01. The first-order valence-corrected chi connectivity index (χ1v) is 5.27. The minimum absolute atomic E-state index is 0.300. The summed E-state index contributed by atoms with van der Waals surface area (Å²) in [6.07, 6.45) is 1.99. The van der Waals surface area contributed by atoms with Crippen LogP contribution in [0.2, 0.25) is 0 Å². The molecule has 1 N–H and O–H groups in total. The number of hydrogen-bond acceptors (Lipinski definition) is 2. The summed E-state index contributed by atoms with van der Waals surface area (Å²) >= 11 is 0. The molecule has 1 aliphatic heterocycles. The van der Waals surface area contributed by atoms with Gasteiger partial charge in [-0.1, -0.05) is 12.1 Å². The van der Waals surface area contributed by atoms with E-state index in [1.807, 2.05) is 0 Å². The summed E-state index contributed by atoms with van der Waals surface area (Å²) in [5, 5.41) is 10.4. The van der Waals surface area contributed by atoms with Crippen LogP contribution in [-0.2, 0) is 10.3 Å². The molecule has 0 amide bonds. The molecule has 0 spiro atoms. The van der Waals surface area contributed by atoms with Crippen LogP contribution in [-0.4, -0.2) is 18.3 Å². The Morgan fingerprint density at radius 1 is 1.27 bits per heavy atom. The highest BCUT2D eigenvalue weighted by atomic mass is 19.1. The van der Waals surface area contributed by atoms with E-state index in [-0.39, 0.29) is 5.82 Å². The summed E-state index contributed by atoms with van der Waals surface area (Å²) in [5.41, 5.74) is -0.258. The van der Waals surface area contributed by atoms with Crippen LogP contribution in [0.1, 0.15) is 24.8 Å². The van der Waals surface area contributed by atoms with E-state index >= 15 is 0 Å². The molecule has 1 aromatic rings. The summed E-state index contributed by atoms with van der Waals surface area (Å²) in [4.78, 5) is 0. The highest BCUT2D eigenvalue weighted by molar-refractivity contribution is 5.23. The molecule has 2 rings (SSSR count). The van der Waals surface area contributed by atoms with Crippen molar-refractivity contribution in [2.75, 3.05) is 13.2 Å². The first-order chi connectivity index (χ1) is 7.21. The third-order valence-electron chi connectivity index (χ3n) is 2.90. The highest BCUT2D eigenvalue weighted by Crippen LogP contribution is 2.32. The van der Waals surface area contributed by atoms with Crippen molar-refractivity contribution >= 4 is 0 Å². The van der Waals surface area contributed by atoms with Crippen molar-refractivity contribution in [2.45, 2.75) is 24.9 Å². The van der Waals surface area contributed by atoms with Gasteiger partial charge >= 0.3 is 0 Å². The Balaban J connectivity index is 2.26. The summed E-state index contributed by atoms with van der Waals surface area (Å²) in [7, 11) is 0. The van der Waals surface area contributed by atoms with Crippen LogP contribution in [0.3, 0.4) is 0 Å². The molecule has 1 aromatic carbocycles. The number of halogens is 1. The maximum absolute atomic E-state index is 13.1. The summed E-state index contributed by atoms with van der Waals surface area (Å²) in [6, 6.07) is 6.20. The standard InChI is InChI=1S/C12H15FO2/c13-11-4-1-3-10(9-11)12(14)5-2-7-15-8-6-12/h1,3-4,9,14H,2,5-8H2. The van der Waals surface area contributed by atoms with Gasteiger partial charge in [-0.25, -0.2) is 4.39 Å². The van der Waals surface area contributed by atoms with E-state index in [4.69, 9.17) is 4.74 Å². The summed E-state index contributed by atoms with van der Waals surface area (Å²) in [5.74, 6) is -0.300. The lowest BCUT2D eigenvalue weighted by atomic mass is 9.87. The minimum atomic E-state index is -0.918. The average molecular weight is 210 g/mol. The molecule has 0 aliphatic carbocycles. The fourth-order valence-corrected chi connectivity index (χ4v) is 2.00. The molecule has 15 heavy (non-hydrogen) atoms. The maximum atomic E-state index is 13.1. The number of rotatable bonds is 1. The van der Waals surface area contributed by atoms with Crippen molar-refractivity contribution in [1.82, 2.24) is 0 Å². The van der Waals surface area contributed by atoms with Crippen LogP contribution in [0.25, 0.3) is 0 Å². The molecule has 0 radical (unpaired) electrons. The van der Waals surface area contributed by atoms with E-state index in [9.17, 15) is 9.50 Å². The van der Waals surface area contributed by atoms with Gasteiger partial charge in [-0.15, -0.1) is 0 Å². The molecule has 82 valence electrons. The number of ether oxygens (including phenoxy) is 1. The quantitative estimate of drug-likeness (QED) is 0.770. The number of benzene rings is 1. The monoisotopic (exact) mass is 210 g/mol. The van der Waals surface area contributed by atoms with Crippen molar-refractivity contribution in [3.8, 4) is 0 Å². The van der Waals surface area contributed by atoms with Gasteiger partial charge in [-0.2, -0.15) is 0 Å². The van der Waals surface area contributed by atoms with Gasteiger partial charge in [-0.05, 0) is 30.5 Å². The predicted octanol–water partition coefficient (Wildman–Crippen LogP) is 2.21. The zero-order chi connectivity index (χ0) is 10.7. The average Bonchev–Trinajstić information content (AvgIpc) is 2.44. The molecule has 2 nitrogen and oxygen atoms in total. The molecular weight excluding hydrogens is 195 g/mol. The SMILES string of the molecule is OC1(c2cccc(F)c2)CCCOCC1. The normalized spacial score (nSPS) is 27.3. The second-order valence-electron chi connectivity index (χ2n) is 4.01. The Labute approximate surface area is 88.7 Å². The van der Waals surface area contributed by atoms with Crippen molar-refractivity contribution in [2.24, 2.45) is 0 Å². The van der Waals surface area contributed by atoms with Crippen LogP contribution >= 0.6 is 0 Å². The van der Waals surface area contributed by atoms with E-state index in [1.54, 1.807) is 12.1 Å². The molecule has 1 unspecified atom stereocenters. The Kier molecular flexibility index (Phi) is 3.03. The second kappa shape index (κ2) is 4.29. The smallest absolute Gasteiger partial charge is 0.123 e. The first kappa shape index (κ1) is 10.6. The molecule has 1 saturated heterocycles. The maximum Gasteiger partial charge on any atom is 0.123 e. The van der Waals surface area contributed by atoms with Crippen molar-refractivity contribution in [3.05, 3.63) is 35.6 Å². The Morgan fingerprint density at radius 3 is 2.93 bits per heavy atom. The van der Waals surface area contributed by atoms with Crippen LogP contribution in [0, 0.1) is 5.82 Å². The van der Waals surface area contributed by atoms with E-state index in [2.05, 4.69) is 0 Å². The zero-order valence-electron chi connectivity index (χ0n) is 8.58. The van der Waals surface area contributed by atoms with Gasteiger partial charge in [0, 0.05) is 19.6 Å². The Hall–Kier alpha value is -0.930. The van der Waals surface area contributed by atoms with E-state index < -0.39 is 5.60 Å². The van der Waals surface area contributed by atoms with Gasteiger partial charge in [0.25, 0.3) is 0 Å². The summed E-state index contributed by atoms with van der Waals surface area (Å²) < 4.78 is 18.3.